The van der Waals surface area contributed by atoms with Gasteiger partial charge in [0, 0.05) is 20.2 Å². The summed E-state index contributed by atoms with van der Waals surface area (Å²) in [5, 5.41) is 9.38. The van der Waals surface area contributed by atoms with Crippen molar-refractivity contribution in [3.63, 3.8) is 0 Å². The maximum Gasteiger partial charge on any atom is 0.332 e. The quantitative estimate of drug-likeness (QED) is 0.516. The number of aromatic amines is 1. The van der Waals surface area contributed by atoms with Crippen LogP contribution in [0.1, 0.15) is 5.69 Å². The van der Waals surface area contributed by atoms with Crippen molar-refractivity contribution in [2.45, 2.75) is 6.42 Å². The molecule has 0 aliphatic heterocycles. The Balaban J connectivity index is 1.62. The minimum absolute atomic E-state index is 0.0217. The molecule has 3 heterocycles. The van der Waals surface area contributed by atoms with E-state index in [1.54, 1.807) is 18.2 Å². The van der Waals surface area contributed by atoms with Gasteiger partial charge in [-0.2, -0.15) is 10.1 Å². The SMILES string of the molecule is COc1ccc2nc(NC(=O)Cc3n[nH]c4c3c(=O)n(C)c(=O)n4C)oc2c1. The van der Waals surface area contributed by atoms with E-state index in [0.29, 0.717) is 16.8 Å². The van der Waals surface area contributed by atoms with E-state index in [4.69, 9.17) is 9.15 Å². The summed E-state index contributed by atoms with van der Waals surface area (Å²) < 4.78 is 12.9. The van der Waals surface area contributed by atoms with Gasteiger partial charge in [-0.1, -0.05) is 0 Å². The van der Waals surface area contributed by atoms with Crippen molar-refractivity contribution in [2.75, 3.05) is 12.4 Å². The van der Waals surface area contributed by atoms with Crippen LogP contribution in [0.15, 0.2) is 32.2 Å². The highest BCUT2D eigenvalue weighted by molar-refractivity contribution is 5.93. The van der Waals surface area contributed by atoms with Crippen LogP contribution in [0.2, 0.25) is 0 Å². The van der Waals surface area contributed by atoms with Gasteiger partial charge in [-0.05, 0) is 12.1 Å². The fraction of sp³-hybridized carbons (Fsp3) is 0.235. The minimum atomic E-state index is -0.524. The second-order valence-electron chi connectivity index (χ2n) is 6.18. The molecule has 0 aliphatic carbocycles. The lowest BCUT2D eigenvalue weighted by Gasteiger charge is -2.03. The van der Waals surface area contributed by atoms with E-state index in [2.05, 4.69) is 20.5 Å². The zero-order chi connectivity index (χ0) is 20.0. The Morgan fingerprint density at radius 3 is 2.82 bits per heavy atom. The molecule has 1 amide bonds. The molecule has 28 heavy (non-hydrogen) atoms. The number of fused-ring (bicyclic) bond motifs is 2. The molecule has 0 fully saturated rings. The minimum Gasteiger partial charge on any atom is -0.497 e. The molecule has 0 aliphatic rings. The first kappa shape index (κ1) is 17.5. The number of aromatic nitrogens is 5. The van der Waals surface area contributed by atoms with Crippen LogP contribution in [0.3, 0.4) is 0 Å². The molecular formula is C17H16N6O5. The van der Waals surface area contributed by atoms with Gasteiger partial charge < -0.3 is 9.15 Å². The number of anilines is 1. The maximum atomic E-state index is 12.4. The number of rotatable bonds is 4. The number of ether oxygens (including phenoxy) is 1. The molecule has 2 N–H and O–H groups in total. The average Bonchev–Trinajstić information content (AvgIpc) is 3.27. The molecule has 0 saturated heterocycles. The summed E-state index contributed by atoms with van der Waals surface area (Å²) >= 11 is 0. The first-order valence-corrected chi connectivity index (χ1v) is 8.26. The Labute approximate surface area is 156 Å². The van der Waals surface area contributed by atoms with Crippen molar-refractivity contribution in [1.82, 2.24) is 24.3 Å². The highest BCUT2D eigenvalue weighted by Crippen LogP contribution is 2.23. The van der Waals surface area contributed by atoms with Crippen molar-refractivity contribution < 1.29 is 13.9 Å². The third-order valence-electron chi connectivity index (χ3n) is 4.42. The zero-order valence-electron chi connectivity index (χ0n) is 15.3. The summed E-state index contributed by atoms with van der Waals surface area (Å²) in [6.45, 7) is 0. The predicted molar refractivity (Wildman–Crippen MR) is 99.5 cm³/mol. The third kappa shape index (κ3) is 2.73. The summed E-state index contributed by atoms with van der Waals surface area (Å²) in [6.07, 6.45) is -0.199. The monoisotopic (exact) mass is 384 g/mol. The normalized spacial score (nSPS) is 11.2. The molecule has 0 unspecified atom stereocenters. The van der Waals surface area contributed by atoms with Crippen molar-refractivity contribution in [1.29, 1.82) is 0 Å². The Hall–Kier alpha value is -3.89. The van der Waals surface area contributed by atoms with E-state index in [0.717, 1.165) is 4.57 Å². The van der Waals surface area contributed by atoms with Gasteiger partial charge in [0.25, 0.3) is 5.56 Å². The van der Waals surface area contributed by atoms with E-state index in [-0.39, 0.29) is 29.2 Å². The van der Waals surface area contributed by atoms with Gasteiger partial charge in [0.2, 0.25) is 5.91 Å². The van der Waals surface area contributed by atoms with Gasteiger partial charge in [-0.25, -0.2) is 4.79 Å². The lowest BCUT2D eigenvalue weighted by Crippen LogP contribution is -2.37. The summed E-state index contributed by atoms with van der Waals surface area (Å²) in [5.74, 6) is 0.133. The lowest BCUT2D eigenvalue weighted by atomic mass is 10.2. The molecule has 0 saturated carbocycles. The van der Waals surface area contributed by atoms with E-state index >= 15 is 0 Å². The molecule has 11 nitrogen and oxygen atoms in total. The number of benzene rings is 1. The Morgan fingerprint density at radius 2 is 2.07 bits per heavy atom. The molecule has 4 aromatic rings. The molecule has 3 aromatic heterocycles. The summed E-state index contributed by atoms with van der Waals surface area (Å²) in [5.41, 5.74) is 0.489. The molecule has 144 valence electrons. The molecule has 0 radical (unpaired) electrons. The first-order valence-electron chi connectivity index (χ1n) is 8.26. The molecule has 0 bridgehead atoms. The van der Waals surface area contributed by atoms with Crippen LogP contribution >= 0.6 is 0 Å². The van der Waals surface area contributed by atoms with Gasteiger partial charge in [0.05, 0.1) is 19.2 Å². The largest absolute Gasteiger partial charge is 0.497 e. The number of oxazole rings is 1. The number of nitrogens with zero attached hydrogens (tertiary/aromatic N) is 4. The first-order chi connectivity index (χ1) is 13.4. The lowest BCUT2D eigenvalue weighted by molar-refractivity contribution is -0.115. The molecule has 0 atom stereocenters. The number of hydrogen-bond acceptors (Lipinski definition) is 7. The Kier molecular flexibility index (Phi) is 3.99. The Bertz CT molecular complexity index is 1340. The van der Waals surface area contributed by atoms with E-state index < -0.39 is 17.2 Å². The van der Waals surface area contributed by atoms with Gasteiger partial charge in [0.15, 0.2) is 5.58 Å². The number of nitrogens with one attached hydrogen (secondary N) is 2. The second-order valence-corrected chi connectivity index (χ2v) is 6.18. The number of carbonyl (C=O) groups excluding carboxylic acids is 1. The molecule has 11 heteroatoms. The highest BCUT2D eigenvalue weighted by Gasteiger charge is 2.19. The van der Waals surface area contributed by atoms with Crippen LogP contribution in [-0.4, -0.2) is 37.3 Å². The van der Waals surface area contributed by atoms with Crippen molar-refractivity contribution >= 4 is 34.1 Å². The number of H-pyrrole nitrogens is 1. The predicted octanol–water partition coefficient (Wildman–Crippen LogP) is 0.291. The number of carbonyl (C=O) groups is 1. The van der Waals surface area contributed by atoms with E-state index in [1.807, 2.05) is 0 Å². The third-order valence-corrected chi connectivity index (χ3v) is 4.42. The standard InChI is InChI=1S/C17H16N6O5/c1-22-14-13(15(25)23(2)17(22)26)10(20-21-14)7-12(24)19-16-18-9-5-4-8(27-3)6-11(9)28-16/h4-6H,7H2,1-3H3,(H,20,21)(H,18,19,24). The van der Waals surface area contributed by atoms with Crippen LogP contribution in [0.4, 0.5) is 6.01 Å². The fourth-order valence-corrected chi connectivity index (χ4v) is 2.94. The van der Waals surface area contributed by atoms with Crippen molar-refractivity contribution in [3.05, 3.63) is 44.7 Å². The van der Waals surface area contributed by atoms with Crippen LogP contribution in [0.25, 0.3) is 22.1 Å². The van der Waals surface area contributed by atoms with E-state index in [9.17, 15) is 14.4 Å². The summed E-state index contributed by atoms with van der Waals surface area (Å²) in [7, 11) is 4.42. The topological polar surface area (TPSA) is 137 Å². The maximum absolute atomic E-state index is 12.4. The van der Waals surface area contributed by atoms with Gasteiger partial charge in [-0.3, -0.25) is 29.1 Å². The molecule has 4 rings (SSSR count). The summed E-state index contributed by atoms with van der Waals surface area (Å²) in [6, 6.07) is 5.11. The van der Waals surface area contributed by atoms with Crippen molar-refractivity contribution in [2.24, 2.45) is 14.1 Å². The molecule has 0 spiro atoms. The summed E-state index contributed by atoms with van der Waals surface area (Å²) in [4.78, 5) is 41.0. The van der Waals surface area contributed by atoms with Gasteiger partial charge in [-0.15, -0.1) is 0 Å². The highest BCUT2D eigenvalue weighted by atomic mass is 16.5. The second kappa shape index (κ2) is 6.37. The van der Waals surface area contributed by atoms with Crippen LogP contribution in [-0.2, 0) is 25.3 Å². The van der Waals surface area contributed by atoms with E-state index in [1.165, 1.54) is 25.8 Å². The molecular weight excluding hydrogens is 368 g/mol. The average molecular weight is 384 g/mol. The Morgan fingerprint density at radius 1 is 1.29 bits per heavy atom. The fourth-order valence-electron chi connectivity index (χ4n) is 2.94. The molecule has 1 aromatic carbocycles. The van der Waals surface area contributed by atoms with Crippen LogP contribution < -0.4 is 21.3 Å². The van der Waals surface area contributed by atoms with Gasteiger partial charge >= 0.3 is 11.7 Å². The number of amides is 1. The smallest absolute Gasteiger partial charge is 0.332 e. The zero-order valence-corrected chi connectivity index (χ0v) is 15.3. The number of aryl methyl sites for hydroxylation is 1. The number of methoxy groups -OCH3 is 1. The van der Waals surface area contributed by atoms with Crippen LogP contribution in [0, 0.1) is 0 Å². The van der Waals surface area contributed by atoms with Crippen LogP contribution in [0.5, 0.6) is 5.75 Å². The van der Waals surface area contributed by atoms with Crippen molar-refractivity contribution in [3.8, 4) is 5.75 Å². The number of hydrogen-bond donors (Lipinski definition) is 2. The van der Waals surface area contributed by atoms with Gasteiger partial charge in [0.1, 0.15) is 22.3 Å².